The first-order valence-corrected chi connectivity index (χ1v) is 3.82. The number of halogens is 1. The fourth-order valence-electron chi connectivity index (χ4n) is 1.56. The number of nitrogens with zero attached hydrogens (tertiary/aromatic N) is 1. The van der Waals surface area contributed by atoms with Gasteiger partial charge >= 0.3 is 0 Å². The Hall–Kier alpha value is -0.580. The lowest BCUT2D eigenvalue weighted by Crippen LogP contribution is -2.14. The normalized spacial score (nSPS) is 22.4. The maximum atomic E-state index is 12.9. The monoisotopic (exact) mass is 141 g/mol. The molecule has 0 aromatic carbocycles. The van der Waals surface area contributed by atoms with Crippen LogP contribution in [0.3, 0.4) is 0 Å². The van der Waals surface area contributed by atoms with Gasteiger partial charge in [0.1, 0.15) is 0 Å². The van der Waals surface area contributed by atoms with Gasteiger partial charge in [0.05, 0.1) is 0 Å². The molecule has 0 spiro atoms. The van der Waals surface area contributed by atoms with Crippen molar-refractivity contribution in [2.24, 2.45) is 5.92 Å². The number of rotatable bonds is 2. The molecule has 0 heterocycles. The molecule has 1 nitrogen and oxygen atoms in total. The SMILES string of the molecule is [C-]#[N+]CC(F)C1CCCC1. The minimum Gasteiger partial charge on any atom is -0.314 e. The molecule has 1 atom stereocenters. The van der Waals surface area contributed by atoms with Gasteiger partial charge in [-0.05, 0) is 18.8 Å². The largest absolute Gasteiger partial charge is 0.314 e. The van der Waals surface area contributed by atoms with E-state index < -0.39 is 6.17 Å². The summed E-state index contributed by atoms with van der Waals surface area (Å²) in [6.45, 7) is 6.56. The van der Waals surface area contributed by atoms with Crippen molar-refractivity contribution in [1.82, 2.24) is 0 Å². The second-order valence-electron chi connectivity index (χ2n) is 2.90. The first-order valence-electron chi connectivity index (χ1n) is 3.82. The molecule has 0 amide bonds. The van der Waals surface area contributed by atoms with Crippen LogP contribution >= 0.6 is 0 Å². The van der Waals surface area contributed by atoms with Crippen molar-refractivity contribution in [3.05, 3.63) is 11.4 Å². The fourth-order valence-corrected chi connectivity index (χ4v) is 1.56. The van der Waals surface area contributed by atoms with Crippen molar-refractivity contribution < 1.29 is 4.39 Å². The lowest BCUT2D eigenvalue weighted by molar-refractivity contribution is 0.248. The Bertz CT molecular complexity index is 133. The van der Waals surface area contributed by atoms with Crippen LogP contribution in [0, 0.1) is 12.5 Å². The molecular formula is C8H12FN. The average Bonchev–Trinajstić information content (AvgIpc) is 2.38. The standard InChI is InChI=1S/C8H12FN/c1-10-6-8(9)7-4-2-3-5-7/h7-8H,2-6H2. The highest BCUT2D eigenvalue weighted by molar-refractivity contribution is 4.80. The van der Waals surface area contributed by atoms with Crippen molar-refractivity contribution in [3.8, 4) is 0 Å². The van der Waals surface area contributed by atoms with E-state index >= 15 is 0 Å². The summed E-state index contributed by atoms with van der Waals surface area (Å²) in [6.07, 6.45) is 3.46. The minimum absolute atomic E-state index is 0.0741. The molecule has 56 valence electrons. The Balaban J connectivity index is 2.26. The second kappa shape index (κ2) is 3.55. The Morgan fingerprint density at radius 3 is 2.60 bits per heavy atom. The van der Waals surface area contributed by atoms with E-state index in [2.05, 4.69) is 4.85 Å². The summed E-state index contributed by atoms with van der Waals surface area (Å²) in [4.78, 5) is 3.06. The lowest BCUT2D eigenvalue weighted by Gasteiger charge is -2.08. The Morgan fingerprint density at radius 2 is 2.10 bits per heavy atom. The Labute approximate surface area is 61.1 Å². The first kappa shape index (κ1) is 7.53. The van der Waals surface area contributed by atoms with Crippen molar-refractivity contribution in [3.63, 3.8) is 0 Å². The van der Waals surface area contributed by atoms with E-state index in [0.717, 1.165) is 25.7 Å². The molecule has 2 heteroatoms. The number of hydrogen-bond donors (Lipinski definition) is 0. The molecule has 1 unspecified atom stereocenters. The van der Waals surface area contributed by atoms with E-state index in [4.69, 9.17) is 6.57 Å². The summed E-state index contributed by atoms with van der Waals surface area (Å²) in [6, 6.07) is 0. The third kappa shape index (κ3) is 1.70. The maximum absolute atomic E-state index is 12.9. The third-order valence-electron chi connectivity index (χ3n) is 2.18. The molecule has 1 aliphatic carbocycles. The maximum Gasteiger partial charge on any atom is 0.245 e. The average molecular weight is 141 g/mol. The van der Waals surface area contributed by atoms with Crippen molar-refractivity contribution >= 4 is 0 Å². The van der Waals surface area contributed by atoms with Gasteiger partial charge < -0.3 is 4.85 Å². The summed E-state index contributed by atoms with van der Waals surface area (Å²) in [5, 5.41) is 0. The van der Waals surface area contributed by atoms with Gasteiger partial charge in [-0.15, -0.1) is 0 Å². The van der Waals surface area contributed by atoms with Gasteiger partial charge in [-0.2, -0.15) is 0 Å². The van der Waals surface area contributed by atoms with Crippen LogP contribution in [0.15, 0.2) is 0 Å². The lowest BCUT2D eigenvalue weighted by atomic mass is 10.0. The summed E-state index contributed by atoms with van der Waals surface area (Å²) in [7, 11) is 0. The smallest absolute Gasteiger partial charge is 0.245 e. The highest BCUT2D eigenvalue weighted by atomic mass is 19.1. The molecule has 1 saturated carbocycles. The van der Waals surface area contributed by atoms with Crippen LogP contribution in [0.1, 0.15) is 25.7 Å². The topological polar surface area (TPSA) is 4.36 Å². The number of alkyl halides is 1. The highest BCUT2D eigenvalue weighted by Crippen LogP contribution is 2.29. The van der Waals surface area contributed by atoms with Gasteiger partial charge in [0, 0.05) is 0 Å². The van der Waals surface area contributed by atoms with Crippen molar-refractivity contribution in [1.29, 1.82) is 0 Å². The Kier molecular flexibility index (Phi) is 2.68. The quantitative estimate of drug-likeness (QED) is 0.520. The Morgan fingerprint density at radius 1 is 1.50 bits per heavy atom. The van der Waals surface area contributed by atoms with Gasteiger partial charge in [0.25, 0.3) is 0 Å². The van der Waals surface area contributed by atoms with Crippen LogP contribution in [0.2, 0.25) is 0 Å². The zero-order valence-electron chi connectivity index (χ0n) is 6.02. The van der Waals surface area contributed by atoms with E-state index in [1.54, 1.807) is 0 Å². The predicted octanol–water partition coefficient (Wildman–Crippen LogP) is 2.43. The van der Waals surface area contributed by atoms with E-state index in [9.17, 15) is 4.39 Å². The molecule has 1 fully saturated rings. The molecule has 0 bridgehead atoms. The van der Waals surface area contributed by atoms with Crippen molar-refractivity contribution in [2.45, 2.75) is 31.9 Å². The highest BCUT2D eigenvalue weighted by Gasteiger charge is 2.26. The van der Waals surface area contributed by atoms with Crippen molar-refractivity contribution in [2.75, 3.05) is 6.54 Å². The molecular weight excluding hydrogens is 129 g/mol. The van der Waals surface area contributed by atoms with Crippen LogP contribution < -0.4 is 0 Å². The van der Waals surface area contributed by atoms with Gasteiger partial charge in [0.2, 0.25) is 6.54 Å². The second-order valence-corrected chi connectivity index (χ2v) is 2.90. The van der Waals surface area contributed by atoms with Crippen LogP contribution in [0.25, 0.3) is 4.85 Å². The van der Waals surface area contributed by atoms with Gasteiger partial charge in [-0.1, -0.05) is 12.8 Å². The van der Waals surface area contributed by atoms with Gasteiger partial charge in [0.15, 0.2) is 6.17 Å². The molecule has 0 aliphatic heterocycles. The van der Waals surface area contributed by atoms with Crippen LogP contribution in [-0.2, 0) is 0 Å². The van der Waals surface area contributed by atoms with E-state index in [-0.39, 0.29) is 12.5 Å². The zero-order valence-corrected chi connectivity index (χ0v) is 6.02. The molecule has 1 rings (SSSR count). The first-order chi connectivity index (χ1) is 4.84. The third-order valence-corrected chi connectivity index (χ3v) is 2.18. The predicted molar refractivity (Wildman–Crippen MR) is 38.3 cm³/mol. The van der Waals surface area contributed by atoms with E-state index in [1.807, 2.05) is 0 Å². The molecule has 0 radical (unpaired) electrons. The summed E-state index contributed by atoms with van der Waals surface area (Å²) in [5.41, 5.74) is 0. The zero-order chi connectivity index (χ0) is 7.40. The molecule has 0 N–H and O–H groups in total. The molecule has 10 heavy (non-hydrogen) atoms. The van der Waals surface area contributed by atoms with Crippen LogP contribution in [-0.4, -0.2) is 12.7 Å². The summed E-state index contributed by atoms with van der Waals surface area (Å²) in [5.74, 6) is 0.203. The molecule has 0 aromatic heterocycles. The number of hydrogen-bond acceptors (Lipinski definition) is 0. The van der Waals surface area contributed by atoms with E-state index in [1.165, 1.54) is 0 Å². The van der Waals surface area contributed by atoms with Crippen LogP contribution in [0.4, 0.5) is 4.39 Å². The summed E-state index contributed by atoms with van der Waals surface area (Å²) < 4.78 is 12.9. The van der Waals surface area contributed by atoms with Crippen LogP contribution in [0.5, 0.6) is 0 Å². The molecule has 0 aromatic rings. The van der Waals surface area contributed by atoms with E-state index in [0.29, 0.717) is 0 Å². The molecule has 1 aliphatic rings. The fraction of sp³-hybridized carbons (Fsp3) is 0.875. The minimum atomic E-state index is -0.847. The molecule has 0 saturated heterocycles. The van der Waals surface area contributed by atoms with Gasteiger partial charge in [-0.3, -0.25) is 0 Å². The van der Waals surface area contributed by atoms with Gasteiger partial charge in [-0.25, -0.2) is 11.0 Å². The summed E-state index contributed by atoms with van der Waals surface area (Å²) >= 11 is 0.